The third-order valence-electron chi connectivity index (χ3n) is 3.88. The first kappa shape index (κ1) is 10.6. The summed E-state index contributed by atoms with van der Waals surface area (Å²) in [5, 5.41) is 0. The molecule has 2 aromatic rings. The van der Waals surface area contributed by atoms with Crippen molar-refractivity contribution >= 4 is 11.8 Å². The zero-order chi connectivity index (χ0) is 12.8. The molecule has 0 spiro atoms. The lowest BCUT2D eigenvalue weighted by atomic mass is 10.0. The number of rotatable bonds is 1. The first-order valence-corrected chi connectivity index (χ1v) is 6.49. The minimum absolute atomic E-state index is 0.232. The summed E-state index contributed by atoms with van der Waals surface area (Å²) in [6.45, 7) is 1.13. The summed E-state index contributed by atoms with van der Waals surface area (Å²) < 4.78 is 5.04. The van der Waals surface area contributed by atoms with Crippen LogP contribution in [0.5, 0.6) is 0 Å². The van der Waals surface area contributed by atoms with Gasteiger partial charge < -0.3 is 4.74 Å². The lowest BCUT2D eigenvalue weighted by Gasteiger charge is -2.16. The van der Waals surface area contributed by atoms with Crippen molar-refractivity contribution in [3.8, 4) is 11.1 Å². The molecule has 2 aromatic carbocycles. The Bertz CT molecular complexity index is 678. The third-order valence-corrected chi connectivity index (χ3v) is 3.88. The van der Waals surface area contributed by atoms with Gasteiger partial charge in [-0.1, -0.05) is 36.4 Å². The lowest BCUT2D eigenvalue weighted by molar-refractivity contribution is 0.181. The fraction of sp³-hybridized carbons (Fsp3) is 0.188. The van der Waals surface area contributed by atoms with Crippen molar-refractivity contribution in [1.82, 2.24) is 0 Å². The fourth-order valence-electron chi connectivity index (χ4n) is 3.01. The Morgan fingerprint density at radius 3 is 2.68 bits per heavy atom. The Hall–Kier alpha value is -2.29. The summed E-state index contributed by atoms with van der Waals surface area (Å²) in [6, 6.07) is 14.6. The molecule has 3 heteroatoms. The number of fused-ring (bicyclic) bond motifs is 3. The van der Waals surface area contributed by atoms with Gasteiger partial charge in [0.1, 0.15) is 6.61 Å². The van der Waals surface area contributed by atoms with Crippen LogP contribution in [0.4, 0.5) is 10.5 Å². The monoisotopic (exact) mass is 251 g/mol. The van der Waals surface area contributed by atoms with Crippen LogP contribution in [0.1, 0.15) is 11.1 Å². The van der Waals surface area contributed by atoms with E-state index in [9.17, 15) is 4.79 Å². The molecule has 1 amide bonds. The van der Waals surface area contributed by atoms with Crippen molar-refractivity contribution in [2.45, 2.75) is 6.42 Å². The van der Waals surface area contributed by atoms with Gasteiger partial charge in [-0.2, -0.15) is 0 Å². The standard InChI is InChI=1S/C16H13NO2/c18-16-17(8-9-19-16)15-7-3-6-13-12-5-2-1-4-11(12)10-14(13)15/h1-7H,8-10H2. The van der Waals surface area contributed by atoms with Crippen molar-refractivity contribution in [3.63, 3.8) is 0 Å². The van der Waals surface area contributed by atoms with Gasteiger partial charge in [-0.25, -0.2) is 4.79 Å². The van der Waals surface area contributed by atoms with Crippen LogP contribution in [0.3, 0.4) is 0 Å². The summed E-state index contributed by atoms with van der Waals surface area (Å²) in [4.78, 5) is 13.5. The van der Waals surface area contributed by atoms with E-state index in [0.717, 1.165) is 12.1 Å². The zero-order valence-corrected chi connectivity index (χ0v) is 10.4. The second-order valence-corrected chi connectivity index (χ2v) is 4.90. The Morgan fingerprint density at radius 2 is 1.84 bits per heavy atom. The Balaban J connectivity index is 1.87. The number of hydrogen-bond acceptors (Lipinski definition) is 2. The van der Waals surface area contributed by atoms with Crippen molar-refractivity contribution in [2.24, 2.45) is 0 Å². The lowest BCUT2D eigenvalue weighted by Crippen LogP contribution is -2.24. The van der Waals surface area contributed by atoms with Gasteiger partial charge >= 0.3 is 6.09 Å². The van der Waals surface area contributed by atoms with Crippen LogP contribution < -0.4 is 4.90 Å². The molecule has 0 unspecified atom stereocenters. The maximum Gasteiger partial charge on any atom is 0.414 e. The molecular formula is C16H13NO2. The molecular weight excluding hydrogens is 238 g/mol. The minimum atomic E-state index is -0.232. The zero-order valence-electron chi connectivity index (χ0n) is 10.4. The van der Waals surface area contributed by atoms with Crippen LogP contribution in [0, 0.1) is 0 Å². The van der Waals surface area contributed by atoms with Gasteiger partial charge in [0.25, 0.3) is 0 Å². The molecule has 2 aliphatic rings. The van der Waals surface area contributed by atoms with Crippen LogP contribution in [-0.2, 0) is 11.2 Å². The Morgan fingerprint density at radius 1 is 1.00 bits per heavy atom. The summed E-state index contributed by atoms with van der Waals surface area (Å²) in [5.41, 5.74) is 6.09. The van der Waals surface area contributed by atoms with Crippen LogP contribution in [-0.4, -0.2) is 19.2 Å². The average Bonchev–Trinajstić information content (AvgIpc) is 3.02. The van der Waals surface area contributed by atoms with Crippen LogP contribution in [0.15, 0.2) is 42.5 Å². The van der Waals surface area contributed by atoms with E-state index in [1.165, 1.54) is 22.3 Å². The highest BCUT2D eigenvalue weighted by Gasteiger charge is 2.29. The number of benzene rings is 2. The highest BCUT2D eigenvalue weighted by atomic mass is 16.6. The molecule has 0 atom stereocenters. The van der Waals surface area contributed by atoms with E-state index in [2.05, 4.69) is 30.3 Å². The molecule has 94 valence electrons. The molecule has 3 nitrogen and oxygen atoms in total. The molecule has 1 aliphatic heterocycles. The summed E-state index contributed by atoms with van der Waals surface area (Å²) in [7, 11) is 0. The number of anilines is 1. The molecule has 0 radical (unpaired) electrons. The van der Waals surface area contributed by atoms with Gasteiger partial charge in [0, 0.05) is 6.42 Å². The third kappa shape index (κ3) is 1.48. The molecule has 1 heterocycles. The molecule has 1 aliphatic carbocycles. The van der Waals surface area contributed by atoms with E-state index in [0.29, 0.717) is 13.2 Å². The quantitative estimate of drug-likeness (QED) is 0.664. The highest BCUT2D eigenvalue weighted by Crippen LogP contribution is 2.41. The second kappa shape index (κ2) is 3.85. The normalized spacial score (nSPS) is 16.2. The number of hydrogen-bond donors (Lipinski definition) is 0. The number of ether oxygens (including phenoxy) is 1. The number of carbonyl (C=O) groups excluding carboxylic acids is 1. The van der Waals surface area contributed by atoms with Gasteiger partial charge in [0.05, 0.1) is 12.2 Å². The molecule has 0 aromatic heterocycles. The summed E-state index contributed by atoms with van der Waals surface area (Å²) in [6.07, 6.45) is 0.662. The van der Waals surface area contributed by atoms with Gasteiger partial charge in [0.2, 0.25) is 0 Å². The topological polar surface area (TPSA) is 29.5 Å². The van der Waals surface area contributed by atoms with Crippen molar-refractivity contribution < 1.29 is 9.53 Å². The molecule has 4 rings (SSSR count). The number of carbonyl (C=O) groups is 1. The summed E-state index contributed by atoms with van der Waals surface area (Å²) in [5.74, 6) is 0. The molecule has 0 saturated carbocycles. The molecule has 1 fully saturated rings. The summed E-state index contributed by atoms with van der Waals surface area (Å²) >= 11 is 0. The maximum absolute atomic E-state index is 11.8. The van der Waals surface area contributed by atoms with Crippen molar-refractivity contribution in [1.29, 1.82) is 0 Å². The number of nitrogens with zero attached hydrogens (tertiary/aromatic N) is 1. The predicted octanol–water partition coefficient (Wildman–Crippen LogP) is 3.21. The van der Waals surface area contributed by atoms with E-state index in [1.54, 1.807) is 4.90 Å². The Kier molecular flexibility index (Phi) is 2.15. The molecule has 1 saturated heterocycles. The van der Waals surface area contributed by atoms with Gasteiger partial charge in [-0.15, -0.1) is 0 Å². The van der Waals surface area contributed by atoms with Crippen molar-refractivity contribution in [2.75, 3.05) is 18.1 Å². The van der Waals surface area contributed by atoms with Crippen LogP contribution in [0.25, 0.3) is 11.1 Å². The highest BCUT2D eigenvalue weighted by molar-refractivity contribution is 5.93. The Labute approximate surface area is 111 Å². The second-order valence-electron chi connectivity index (χ2n) is 4.90. The fourth-order valence-corrected chi connectivity index (χ4v) is 3.01. The van der Waals surface area contributed by atoms with E-state index >= 15 is 0 Å². The van der Waals surface area contributed by atoms with E-state index < -0.39 is 0 Å². The van der Waals surface area contributed by atoms with Crippen molar-refractivity contribution in [3.05, 3.63) is 53.6 Å². The SMILES string of the molecule is O=C1OCCN1c1cccc2c1Cc1ccccc1-2. The molecule has 19 heavy (non-hydrogen) atoms. The van der Waals surface area contributed by atoms with Gasteiger partial charge in [-0.3, -0.25) is 4.90 Å². The minimum Gasteiger partial charge on any atom is -0.447 e. The van der Waals surface area contributed by atoms with Crippen LogP contribution >= 0.6 is 0 Å². The van der Waals surface area contributed by atoms with E-state index in [-0.39, 0.29) is 6.09 Å². The molecule has 0 bridgehead atoms. The van der Waals surface area contributed by atoms with E-state index in [1.807, 2.05) is 12.1 Å². The smallest absolute Gasteiger partial charge is 0.414 e. The maximum atomic E-state index is 11.8. The largest absolute Gasteiger partial charge is 0.447 e. The average molecular weight is 251 g/mol. The number of cyclic esters (lactones) is 1. The van der Waals surface area contributed by atoms with Crippen LogP contribution in [0.2, 0.25) is 0 Å². The van der Waals surface area contributed by atoms with Gasteiger partial charge in [0.15, 0.2) is 0 Å². The first-order chi connectivity index (χ1) is 9.34. The van der Waals surface area contributed by atoms with E-state index in [4.69, 9.17) is 4.74 Å². The van der Waals surface area contributed by atoms with Gasteiger partial charge in [-0.05, 0) is 28.3 Å². The number of amides is 1. The first-order valence-electron chi connectivity index (χ1n) is 6.49. The molecule has 0 N–H and O–H groups in total. The predicted molar refractivity (Wildman–Crippen MR) is 73.4 cm³/mol.